The van der Waals surface area contributed by atoms with Crippen LogP contribution in [0.4, 0.5) is 0 Å². The third kappa shape index (κ3) is 5.88. The molecule has 0 aliphatic carbocycles. The van der Waals surface area contributed by atoms with Crippen LogP contribution in [0, 0.1) is 17.2 Å². The summed E-state index contributed by atoms with van der Waals surface area (Å²) in [5.74, 6) is -3.42. The standard InChI is InChI=1S/C21H28N4O5/c1-12(2)11-16(24-19(27)15-5-3-14(4-6-15)18(22)23)20(28)25-9-7-13(8-10-25)17(26)21(29)30/h3-6,12-13,16H,7-11H2,1-2H3,(H3,22,23)(H,24,27)(H,29,30)/t16-/m0/s1. The molecule has 2 amide bonds. The number of amides is 2. The van der Waals surface area contributed by atoms with Gasteiger partial charge in [0, 0.05) is 30.1 Å². The Hall–Kier alpha value is -3.23. The number of Topliss-reactive ketones (excluding diaryl/α,β-unsaturated/α-hetero) is 1. The number of rotatable bonds is 8. The van der Waals surface area contributed by atoms with E-state index >= 15 is 0 Å². The van der Waals surface area contributed by atoms with Gasteiger partial charge in [0.05, 0.1) is 0 Å². The zero-order valence-corrected chi connectivity index (χ0v) is 17.2. The van der Waals surface area contributed by atoms with Gasteiger partial charge in [-0.1, -0.05) is 26.0 Å². The third-order valence-corrected chi connectivity index (χ3v) is 5.16. The molecule has 0 bridgehead atoms. The molecule has 5 N–H and O–H groups in total. The van der Waals surface area contributed by atoms with E-state index in [4.69, 9.17) is 16.2 Å². The van der Waals surface area contributed by atoms with Crippen molar-refractivity contribution in [2.24, 2.45) is 17.6 Å². The van der Waals surface area contributed by atoms with Crippen LogP contribution in [0.25, 0.3) is 0 Å². The number of benzene rings is 1. The van der Waals surface area contributed by atoms with Gasteiger partial charge in [-0.25, -0.2) is 4.79 Å². The van der Waals surface area contributed by atoms with Crippen LogP contribution >= 0.6 is 0 Å². The van der Waals surface area contributed by atoms with Crippen molar-refractivity contribution in [2.45, 2.75) is 39.2 Å². The SMILES string of the molecule is CC(C)C[C@H](NC(=O)c1ccc(C(=N)N)cc1)C(=O)N1CCC(C(=O)C(=O)O)CC1. The van der Waals surface area contributed by atoms with E-state index in [0.717, 1.165) is 0 Å². The minimum absolute atomic E-state index is 0.0976. The summed E-state index contributed by atoms with van der Waals surface area (Å²) in [5, 5.41) is 19.1. The van der Waals surface area contributed by atoms with Gasteiger partial charge in [0.15, 0.2) is 0 Å². The third-order valence-electron chi connectivity index (χ3n) is 5.16. The fourth-order valence-corrected chi connectivity index (χ4v) is 3.49. The van der Waals surface area contributed by atoms with E-state index in [-0.39, 0.29) is 30.8 Å². The van der Waals surface area contributed by atoms with Crippen LogP contribution in [0.3, 0.4) is 0 Å². The summed E-state index contributed by atoms with van der Waals surface area (Å²) >= 11 is 0. The molecule has 0 aromatic heterocycles. The van der Waals surface area contributed by atoms with Crippen LogP contribution in [-0.4, -0.2) is 58.5 Å². The lowest BCUT2D eigenvalue weighted by Gasteiger charge is -2.34. The van der Waals surface area contributed by atoms with Gasteiger partial charge in [0.25, 0.3) is 5.91 Å². The highest BCUT2D eigenvalue weighted by atomic mass is 16.4. The van der Waals surface area contributed by atoms with Crippen LogP contribution < -0.4 is 11.1 Å². The summed E-state index contributed by atoms with van der Waals surface area (Å²) in [6.45, 7) is 4.46. The first-order chi connectivity index (χ1) is 14.1. The van der Waals surface area contributed by atoms with Crippen molar-refractivity contribution in [3.63, 3.8) is 0 Å². The van der Waals surface area contributed by atoms with Gasteiger partial charge in [-0.2, -0.15) is 0 Å². The molecule has 9 nitrogen and oxygen atoms in total. The Balaban J connectivity index is 2.05. The molecule has 162 valence electrons. The van der Waals surface area contributed by atoms with Crippen molar-refractivity contribution in [1.82, 2.24) is 10.2 Å². The van der Waals surface area contributed by atoms with Crippen LogP contribution in [-0.2, 0) is 14.4 Å². The maximum Gasteiger partial charge on any atom is 0.372 e. The molecule has 9 heteroatoms. The number of hydrogen-bond acceptors (Lipinski definition) is 5. The first kappa shape index (κ1) is 23.1. The number of carbonyl (C=O) groups excluding carboxylic acids is 3. The van der Waals surface area contributed by atoms with E-state index in [1.54, 1.807) is 29.2 Å². The highest BCUT2D eigenvalue weighted by Gasteiger charge is 2.33. The Morgan fingerprint density at radius 1 is 1.13 bits per heavy atom. The number of aliphatic carboxylic acids is 1. The summed E-state index contributed by atoms with van der Waals surface area (Å²) in [7, 11) is 0. The molecule has 0 spiro atoms. The van der Waals surface area contributed by atoms with Gasteiger partial charge in [0.2, 0.25) is 11.7 Å². The minimum atomic E-state index is -1.44. The molecule has 1 heterocycles. The second-order valence-corrected chi connectivity index (χ2v) is 7.92. The molecule has 0 saturated carbocycles. The Kier molecular flexibility index (Phi) is 7.68. The molecule has 1 atom stereocenters. The Bertz CT molecular complexity index is 826. The summed E-state index contributed by atoms with van der Waals surface area (Å²) < 4.78 is 0. The fourth-order valence-electron chi connectivity index (χ4n) is 3.49. The van der Waals surface area contributed by atoms with Gasteiger partial charge < -0.3 is 21.1 Å². The molecular weight excluding hydrogens is 388 g/mol. The van der Waals surface area contributed by atoms with Crippen LogP contribution in [0.5, 0.6) is 0 Å². The lowest BCUT2D eigenvalue weighted by molar-refractivity contribution is -0.152. The minimum Gasteiger partial charge on any atom is -0.475 e. The Labute approximate surface area is 175 Å². The summed E-state index contributed by atoms with van der Waals surface area (Å²) in [6, 6.07) is 5.51. The highest BCUT2D eigenvalue weighted by molar-refractivity contribution is 6.33. The quantitative estimate of drug-likeness (QED) is 0.282. The van der Waals surface area contributed by atoms with E-state index in [9.17, 15) is 19.2 Å². The number of nitrogen functional groups attached to an aromatic ring is 1. The van der Waals surface area contributed by atoms with E-state index in [2.05, 4.69) is 5.32 Å². The summed E-state index contributed by atoms with van der Waals surface area (Å²) in [5.41, 5.74) is 6.28. The van der Waals surface area contributed by atoms with Crippen molar-refractivity contribution in [2.75, 3.05) is 13.1 Å². The van der Waals surface area contributed by atoms with Crippen molar-refractivity contribution >= 4 is 29.4 Å². The molecule has 1 aromatic rings. The number of carboxylic acids is 1. The fraction of sp³-hybridized carbons (Fsp3) is 0.476. The van der Waals surface area contributed by atoms with E-state index in [0.29, 0.717) is 30.4 Å². The smallest absolute Gasteiger partial charge is 0.372 e. The van der Waals surface area contributed by atoms with Gasteiger partial charge in [-0.15, -0.1) is 0 Å². The van der Waals surface area contributed by atoms with Gasteiger partial charge in [0.1, 0.15) is 11.9 Å². The lowest BCUT2D eigenvalue weighted by Crippen LogP contribution is -2.51. The molecule has 0 radical (unpaired) electrons. The second-order valence-electron chi connectivity index (χ2n) is 7.92. The monoisotopic (exact) mass is 416 g/mol. The zero-order chi connectivity index (χ0) is 22.4. The number of amidine groups is 1. The number of carbonyl (C=O) groups is 4. The molecule has 30 heavy (non-hydrogen) atoms. The molecule has 1 saturated heterocycles. The van der Waals surface area contributed by atoms with E-state index < -0.39 is 29.6 Å². The number of nitrogens with two attached hydrogens (primary N) is 1. The first-order valence-corrected chi connectivity index (χ1v) is 9.91. The summed E-state index contributed by atoms with van der Waals surface area (Å²) in [4.78, 5) is 49.7. The number of likely N-dealkylation sites (tertiary alicyclic amines) is 1. The van der Waals surface area contributed by atoms with Gasteiger partial charge in [-0.05, 0) is 37.3 Å². The number of nitrogens with zero attached hydrogens (tertiary/aromatic N) is 1. The van der Waals surface area contributed by atoms with Crippen LogP contribution in [0.15, 0.2) is 24.3 Å². The average Bonchev–Trinajstić information content (AvgIpc) is 2.71. The van der Waals surface area contributed by atoms with E-state index in [1.165, 1.54) is 0 Å². The number of carboxylic acid groups (broad SMARTS) is 1. The largest absolute Gasteiger partial charge is 0.475 e. The highest BCUT2D eigenvalue weighted by Crippen LogP contribution is 2.20. The van der Waals surface area contributed by atoms with Crippen molar-refractivity contribution in [3.05, 3.63) is 35.4 Å². The van der Waals surface area contributed by atoms with Gasteiger partial charge >= 0.3 is 5.97 Å². The predicted octanol–water partition coefficient (Wildman–Crippen LogP) is 1.01. The van der Waals surface area contributed by atoms with Crippen LogP contribution in [0.2, 0.25) is 0 Å². The van der Waals surface area contributed by atoms with E-state index in [1.807, 2.05) is 13.8 Å². The molecule has 1 aromatic carbocycles. The number of ketones is 1. The summed E-state index contributed by atoms with van der Waals surface area (Å²) in [6.07, 6.45) is 1.04. The maximum absolute atomic E-state index is 13.0. The Morgan fingerprint density at radius 3 is 2.13 bits per heavy atom. The van der Waals surface area contributed by atoms with Gasteiger partial charge in [-0.3, -0.25) is 19.8 Å². The second kappa shape index (κ2) is 10.00. The molecule has 2 rings (SSSR count). The number of hydrogen-bond donors (Lipinski definition) is 4. The number of nitrogens with one attached hydrogen (secondary N) is 2. The molecule has 1 aliphatic heterocycles. The molecule has 0 unspecified atom stereocenters. The topological polar surface area (TPSA) is 154 Å². The maximum atomic E-state index is 13.0. The Morgan fingerprint density at radius 2 is 1.67 bits per heavy atom. The normalized spacial score (nSPS) is 15.5. The van der Waals surface area contributed by atoms with Crippen LogP contribution in [0.1, 0.15) is 49.0 Å². The van der Waals surface area contributed by atoms with Crippen molar-refractivity contribution in [1.29, 1.82) is 5.41 Å². The zero-order valence-electron chi connectivity index (χ0n) is 17.2. The molecular formula is C21H28N4O5. The lowest BCUT2D eigenvalue weighted by atomic mass is 9.91. The first-order valence-electron chi connectivity index (χ1n) is 9.91. The molecule has 1 fully saturated rings. The number of piperidine rings is 1. The predicted molar refractivity (Wildman–Crippen MR) is 110 cm³/mol. The molecule has 1 aliphatic rings. The van der Waals surface area contributed by atoms with Crippen molar-refractivity contribution in [3.8, 4) is 0 Å². The van der Waals surface area contributed by atoms with Crippen molar-refractivity contribution < 1.29 is 24.3 Å². The average molecular weight is 416 g/mol.